The third-order valence-corrected chi connectivity index (χ3v) is 5.93. The van der Waals surface area contributed by atoms with Crippen molar-refractivity contribution in [2.75, 3.05) is 19.6 Å². The van der Waals surface area contributed by atoms with Gasteiger partial charge in [0.1, 0.15) is 5.69 Å². The summed E-state index contributed by atoms with van der Waals surface area (Å²) in [4.78, 5) is 30.4. The SMILES string of the molecule is O=C(N[C@@H]1C[C@@H]2CCN(C2)C1)c1cc2c(C(=O)C(F)(F)F)csc2cn1. The third-order valence-electron chi connectivity index (χ3n) is 5.00. The van der Waals surface area contributed by atoms with Gasteiger partial charge < -0.3 is 10.2 Å². The predicted molar refractivity (Wildman–Crippen MR) is 90.4 cm³/mol. The Kier molecular flexibility index (Phi) is 4.23. The minimum Gasteiger partial charge on any atom is -0.347 e. The monoisotopic (exact) mass is 383 g/mol. The van der Waals surface area contributed by atoms with Crippen molar-refractivity contribution in [3.05, 3.63) is 28.9 Å². The number of Topliss-reactive ketones (excluding diaryl/α,β-unsaturated/α-hetero) is 1. The minimum absolute atomic E-state index is 0.0139. The molecule has 138 valence electrons. The predicted octanol–water partition coefficient (Wildman–Crippen LogP) is 2.87. The molecule has 1 amide bonds. The number of hydrogen-bond donors (Lipinski definition) is 1. The molecule has 2 aliphatic heterocycles. The van der Waals surface area contributed by atoms with Crippen LogP contribution in [0.5, 0.6) is 0 Å². The van der Waals surface area contributed by atoms with Crippen LogP contribution in [0.25, 0.3) is 10.1 Å². The Morgan fingerprint density at radius 1 is 1.31 bits per heavy atom. The maximum atomic E-state index is 12.7. The molecule has 26 heavy (non-hydrogen) atoms. The number of nitrogens with one attached hydrogen (secondary N) is 1. The van der Waals surface area contributed by atoms with E-state index in [2.05, 4.69) is 15.2 Å². The van der Waals surface area contributed by atoms with Gasteiger partial charge in [0, 0.05) is 41.7 Å². The molecule has 4 rings (SSSR count). The van der Waals surface area contributed by atoms with Gasteiger partial charge in [-0.25, -0.2) is 4.98 Å². The van der Waals surface area contributed by atoms with E-state index in [0.717, 1.165) is 49.2 Å². The van der Waals surface area contributed by atoms with E-state index < -0.39 is 23.4 Å². The average molecular weight is 383 g/mol. The summed E-state index contributed by atoms with van der Waals surface area (Å²) in [6.45, 7) is 2.88. The highest BCUT2D eigenvalue weighted by atomic mass is 32.1. The number of amides is 1. The Labute approximate surface area is 151 Å². The molecule has 3 atom stereocenters. The zero-order chi connectivity index (χ0) is 18.5. The summed E-state index contributed by atoms with van der Waals surface area (Å²) in [6.07, 6.45) is -1.57. The van der Waals surface area contributed by atoms with Gasteiger partial charge in [-0.05, 0) is 31.4 Å². The first-order valence-corrected chi connectivity index (χ1v) is 9.21. The van der Waals surface area contributed by atoms with Crippen LogP contribution in [-0.2, 0) is 0 Å². The summed E-state index contributed by atoms with van der Waals surface area (Å²) in [5.41, 5.74) is -0.407. The van der Waals surface area contributed by atoms with Gasteiger partial charge in [-0.2, -0.15) is 13.2 Å². The Morgan fingerprint density at radius 2 is 2.12 bits per heavy atom. The first kappa shape index (κ1) is 17.4. The highest BCUT2D eigenvalue weighted by Gasteiger charge is 2.40. The van der Waals surface area contributed by atoms with E-state index in [1.807, 2.05) is 0 Å². The van der Waals surface area contributed by atoms with Crippen LogP contribution in [0.4, 0.5) is 13.2 Å². The molecule has 0 spiro atoms. The lowest BCUT2D eigenvalue weighted by molar-refractivity contribution is -0.0883. The first-order chi connectivity index (χ1) is 12.3. The van der Waals surface area contributed by atoms with Gasteiger partial charge >= 0.3 is 6.18 Å². The van der Waals surface area contributed by atoms with Crippen LogP contribution in [0.1, 0.15) is 33.7 Å². The van der Waals surface area contributed by atoms with E-state index in [4.69, 9.17) is 0 Å². The molecular weight excluding hydrogens is 367 g/mol. The number of carbonyl (C=O) groups is 2. The van der Waals surface area contributed by atoms with Crippen molar-refractivity contribution in [3.63, 3.8) is 0 Å². The number of aromatic nitrogens is 1. The lowest BCUT2D eigenvalue weighted by Crippen LogP contribution is -2.47. The molecule has 1 N–H and O–H groups in total. The first-order valence-electron chi connectivity index (χ1n) is 8.33. The fourth-order valence-corrected chi connectivity index (χ4v) is 4.70. The molecule has 0 saturated carbocycles. The smallest absolute Gasteiger partial charge is 0.347 e. The lowest BCUT2D eigenvalue weighted by atomic mass is 9.97. The average Bonchev–Trinajstić information content (AvgIpc) is 3.15. The van der Waals surface area contributed by atoms with Crippen molar-refractivity contribution in [1.29, 1.82) is 0 Å². The molecule has 2 bridgehead atoms. The number of halogens is 3. The van der Waals surface area contributed by atoms with Gasteiger partial charge in [0.2, 0.25) is 0 Å². The van der Waals surface area contributed by atoms with Gasteiger partial charge in [0.05, 0.1) is 4.70 Å². The fraction of sp³-hybridized carbons (Fsp3) is 0.471. The molecule has 2 saturated heterocycles. The summed E-state index contributed by atoms with van der Waals surface area (Å²) in [6, 6.07) is 1.29. The van der Waals surface area contributed by atoms with E-state index in [9.17, 15) is 22.8 Å². The van der Waals surface area contributed by atoms with E-state index in [-0.39, 0.29) is 17.1 Å². The molecule has 4 heterocycles. The van der Waals surface area contributed by atoms with Crippen molar-refractivity contribution in [1.82, 2.24) is 15.2 Å². The van der Waals surface area contributed by atoms with Gasteiger partial charge in [-0.3, -0.25) is 9.59 Å². The van der Waals surface area contributed by atoms with Crippen LogP contribution < -0.4 is 5.32 Å². The zero-order valence-corrected chi connectivity index (χ0v) is 14.5. The van der Waals surface area contributed by atoms with Gasteiger partial charge in [-0.1, -0.05) is 0 Å². The standard InChI is InChI=1S/C17H16F3N3O2S/c18-17(19,20)15(24)12-8-26-14-5-21-13(4-11(12)14)16(25)22-10-3-9-1-2-23(6-9)7-10/h4-5,8-10H,1-3,6-7H2,(H,22,25)/t9-,10+/m0/s1. The number of nitrogens with zero attached hydrogens (tertiary/aromatic N) is 2. The molecule has 2 aromatic rings. The minimum atomic E-state index is -4.95. The number of thiophene rings is 1. The molecule has 1 unspecified atom stereocenters. The van der Waals surface area contributed by atoms with Crippen molar-refractivity contribution >= 4 is 33.1 Å². The summed E-state index contributed by atoms with van der Waals surface area (Å²) in [7, 11) is 0. The van der Waals surface area contributed by atoms with Crippen molar-refractivity contribution in [2.45, 2.75) is 25.1 Å². The molecule has 2 fully saturated rings. The number of alkyl halides is 3. The summed E-state index contributed by atoms with van der Waals surface area (Å²) in [5.74, 6) is -1.74. The topological polar surface area (TPSA) is 62.3 Å². The lowest BCUT2D eigenvalue weighted by Gasteiger charge is -2.30. The van der Waals surface area contributed by atoms with Crippen molar-refractivity contribution in [2.24, 2.45) is 5.92 Å². The normalized spacial score (nSPS) is 25.4. The van der Waals surface area contributed by atoms with Crippen molar-refractivity contribution in [3.8, 4) is 0 Å². The zero-order valence-electron chi connectivity index (χ0n) is 13.7. The van der Waals surface area contributed by atoms with Gasteiger partial charge in [-0.15, -0.1) is 11.3 Å². The maximum Gasteiger partial charge on any atom is 0.454 e. The molecular formula is C17H16F3N3O2S. The second-order valence-electron chi connectivity index (χ2n) is 6.86. The summed E-state index contributed by atoms with van der Waals surface area (Å²) in [5, 5.41) is 4.20. The van der Waals surface area contributed by atoms with Gasteiger partial charge in [0.25, 0.3) is 11.7 Å². The second-order valence-corrected chi connectivity index (χ2v) is 7.77. The van der Waals surface area contributed by atoms with Gasteiger partial charge in [0.15, 0.2) is 0 Å². The van der Waals surface area contributed by atoms with Crippen molar-refractivity contribution < 1.29 is 22.8 Å². The molecule has 0 radical (unpaired) electrons. The van der Waals surface area contributed by atoms with Crippen LogP contribution in [0, 0.1) is 5.92 Å². The molecule has 0 aromatic carbocycles. The fourth-order valence-electron chi connectivity index (χ4n) is 3.81. The maximum absolute atomic E-state index is 12.7. The molecule has 0 aliphatic carbocycles. The third kappa shape index (κ3) is 3.21. The van der Waals surface area contributed by atoms with E-state index in [1.165, 1.54) is 12.3 Å². The molecule has 9 heteroatoms. The number of carbonyl (C=O) groups excluding carboxylic acids is 2. The number of piperidine rings is 1. The van der Waals surface area contributed by atoms with Crippen LogP contribution in [0.2, 0.25) is 0 Å². The van der Waals surface area contributed by atoms with Crippen LogP contribution in [-0.4, -0.2) is 53.4 Å². The summed E-state index contributed by atoms with van der Waals surface area (Å²) >= 11 is 1.00. The summed E-state index contributed by atoms with van der Waals surface area (Å²) < 4.78 is 38.7. The number of pyridine rings is 1. The number of ketones is 1. The number of hydrogen-bond acceptors (Lipinski definition) is 5. The Morgan fingerprint density at radius 3 is 2.85 bits per heavy atom. The molecule has 2 aliphatic rings. The Balaban J connectivity index is 1.56. The second kappa shape index (κ2) is 6.31. The highest BCUT2D eigenvalue weighted by molar-refractivity contribution is 7.17. The van der Waals surface area contributed by atoms with Crippen LogP contribution in [0.3, 0.4) is 0 Å². The quantitative estimate of drug-likeness (QED) is 0.828. The molecule has 2 aromatic heterocycles. The number of fused-ring (bicyclic) bond motifs is 3. The van der Waals surface area contributed by atoms with Crippen LogP contribution >= 0.6 is 11.3 Å². The van der Waals surface area contributed by atoms with E-state index in [1.54, 1.807) is 0 Å². The highest BCUT2D eigenvalue weighted by Crippen LogP contribution is 2.31. The largest absolute Gasteiger partial charge is 0.454 e. The number of rotatable bonds is 3. The van der Waals surface area contributed by atoms with Crippen LogP contribution in [0.15, 0.2) is 17.6 Å². The Hall–Kier alpha value is -2.00. The Bertz CT molecular complexity index is 868. The van der Waals surface area contributed by atoms with E-state index >= 15 is 0 Å². The van der Waals surface area contributed by atoms with E-state index in [0.29, 0.717) is 10.6 Å². The molecule has 5 nitrogen and oxygen atoms in total.